The van der Waals surface area contributed by atoms with Crippen LogP contribution in [0.4, 0.5) is 0 Å². The summed E-state index contributed by atoms with van der Waals surface area (Å²) in [4.78, 5) is 22.0. The van der Waals surface area contributed by atoms with E-state index in [1.54, 1.807) is 22.5 Å². The predicted octanol–water partition coefficient (Wildman–Crippen LogP) is 4.98. The lowest BCUT2D eigenvalue weighted by molar-refractivity contribution is 0.0962. The zero-order chi connectivity index (χ0) is 19.8. The van der Waals surface area contributed by atoms with Gasteiger partial charge in [0.2, 0.25) is 5.16 Å². The van der Waals surface area contributed by atoms with Crippen LogP contribution in [0, 0.1) is 0 Å². The predicted molar refractivity (Wildman–Crippen MR) is 114 cm³/mol. The Morgan fingerprint density at radius 1 is 1.07 bits per heavy atom. The van der Waals surface area contributed by atoms with Crippen molar-refractivity contribution in [2.45, 2.75) is 29.7 Å². The Balaban J connectivity index is 1.42. The molecule has 0 unspecified atom stereocenters. The molecule has 7 heteroatoms. The largest absolute Gasteiger partial charge is 0.294 e. The van der Waals surface area contributed by atoms with E-state index in [0.717, 1.165) is 17.0 Å². The SMILES string of the molecule is O=C1C[C@@H](c2cccc(Cl)c2)Cc2nc3nc(SCc4ccccc4)nn3cc21. The maximum Gasteiger partial charge on any atom is 0.253 e. The Kier molecular flexibility index (Phi) is 4.81. The first-order valence-corrected chi connectivity index (χ1v) is 10.7. The van der Waals surface area contributed by atoms with E-state index in [1.165, 1.54) is 5.56 Å². The Morgan fingerprint density at radius 2 is 1.93 bits per heavy atom. The average molecular weight is 421 g/mol. The van der Waals surface area contributed by atoms with Crippen LogP contribution in [-0.2, 0) is 12.2 Å². The van der Waals surface area contributed by atoms with Gasteiger partial charge in [-0.25, -0.2) is 9.50 Å². The molecule has 0 saturated heterocycles. The molecule has 0 saturated carbocycles. The zero-order valence-corrected chi connectivity index (χ0v) is 17.0. The number of nitrogens with zero attached hydrogens (tertiary/aromatic N) is 4. The molecular weight excluding hydrogens is 404 g/mol. The summed E-state index contributed by atoms with van der Waals surface area (Å²) in [6.07, 6.45) is 2.91. The first-order chi connectivity index (χ1) is 14.2. The molecular formula is C22H17ClN4OS. The molecule has 2 aromatic carbocycles. The molecule has 1 aliphatic rings. The molecule has 2 heterocycles. The maximum absolute atomic E-state index is 12.8. The number of aromatic nitrogens is 4. The van der Waals surface area contributed by atoms with Crippen molar-refractivity contribution in [2.24, 2.45) is 0 Å². The number of fused-ring (bicyclic) bond motifs is 2. The molecule has 0 N–H and O–H groups in total. The van der Waals surface area contributed by atoms with Crippen LogP contribution in [-0.4, -0.2) is 25.4 Å². The number of hydrogen-bond donors (Lipinski definition) is 0. The van der Waals surface area contributed by atoms with Crippen molar-refractivity contribution in [2.75, 3.05) is 0 Å². The number of benzene rings is 2. The van der Waals surface area contributed by atoms with E-state index in [2.05, 4.69) is 27.2 Å². The van der Waals surface area contributed by atoms with Gasteiger partial charge in [0.1, 0.15) is 0 Å². The molecule has 0 fully saturated rings. The van der Waals surface area contributed by atoms with E-state index in [1.807, 2.05) is 42.5 Å². The van der Waals surface area contributed by atoms with Gasteiger partial charge in [-0.15, -0.1) is 5.10 Å². The quantitative estimate of drug-likeness (QED) is 0.435. The van der Waals surface area contributed by atoms with Crippen molar-refractivity contribution in [1.82, 2.24) is 19.6 Å². The number of Topliss-reactive ketones (excluding diaryl/α,β-unsaturated/α-hetero) is 1. The fourth-order valence-corrected chi connectivity index (χ4v) is 4.62. The highest BCUT2D eigenvalue weighted by molar-refractivity contribution is 7.98. The highest BCUT2D eigenvalue weighted by Gasteiger charge is 2.28. The van der Waals surface area contributed by atoms with E-state index >= 15 is 0 Å². The molecule has 144 valence electrons. The lowest BCUT2D eigenvalue weighted by Crippen LogP contribution is -2.21. The van der Waals surface area contributed by atoms with E-state index < -0.39 is 0 Å². The van der Waals surface area contributed by atoms with Crippen molar-refractivity contribution in [1.29, 1.82) is 0 Å². The van der Waals surface area contributed by atoms with E-state index in [9.17, 15) is 4.79 Å². The minimum atomic E-state index is 0.0819. The van der Waals surface area contributed by atoms with Gasteiger partial charge >= 0.3 is 0 Å². The van der Waals surface area contributed by atoms with Crippen molar-refractivity contribution in [3.8, 4) is 0 Å². The van der Waals surface area contributed by atoms with Gasteiger partial charge < -0.3 is 0 Å². The minimum absolute atomic E-state index is 0.0819. The van der Waals surface area contributed by atoms with Crippen LogP contribution in [0.15, 0.2) is 66.0 Å². The van der Waals surface area contributed by atoms with Crippen LogP contribution in [0.3, 0.4) is 0 Å². The standard InChI is InChI=1S/C22H17ClN4OS/c23-17-8-4-7-15(9-17)16-10-19-18(20(28)11-16)12-27-21(24-19)25-22(26-27)29-13-14-5-2-1-3-6-14/h1-9,12,16H,10-11,13H2/t16-/m0/s1. The van der Waals surface area contributed by atoms with Crippen LogP contribution >= 0.6 is 23.4 Å². The molecule has 0 spiro atoms. The summed E-state index contributed by atoms with van der Waals surface area (Å²) in [7, 11) is 0. The molecule has 0 radical (unpaired) electrons. The molecule has 0 bridgehead atoms. The highest BCUT2D eigenvalue weighted by atomic mass is 35.5. The molecule has 1 aliphatic carbocycles. The second-order valence-corrected chi connectivity index (χ2v) is 8.48. The van der Waals surface area contributed by atoms with E-state index in [-0.39, 0.29) is 11.7 Å². The number of hydrogen-bond acceptors (Lipinski definition) is 5. The zero-order valence-electron chi connectivity index (χ0n) is 15.5. The first kappa shape index (κ1) is 18.3. The smallest absolute Gasteiger partial charge is 0.253 e. The molecule has 2 aromatic heterocycles. The third-order valence-electron chi connectivity index (χ3n) is 5.09. The molecule has 5 nitrogen and oxygen atoms in total. The molecule has 5 rings (SSSR count). The number of carbonyl (C=O) groups is 1. The van der Waals surface area contributed by atoms with Crippen molar-refractivity contribution < 1.29 is 4.79 Å². The van der Waals surface area contributed by atoms with E-state index in [0.29, 0.717) is 34.4 Å². The summed E-state index contributed by atoms with van der Waals surface area (Å²) in [6, 6.07) is 17.9. The summed E-state index contributed by atoms with van der Waals surface area (Å²) in [5.41, 5.74) is 3.70. The Morgan fingerprint density at radius 3 is 2.76 bits per heavy atom. The van der Waals surface area contributed by atoms with Gasteiger partial charge in [0, 0.05) is 23.4 Å². The number of carbonyl (C=O) groups excluding carboxylic acids is 1. The lowest BCUT2D eigenvalue weighted by Gasteiger charge is -2.23. The first-order valence-electron chi connectivity index (χ1n) is 9.37. The minimum Gasteiger partial charge on any atom is -0.294 e. The van der Waals surface area contributed by atoms with Crippen LogP contribution < -0.4 is 0 Å². The van der Waals surface area contributed by atoms with Crippen LogP contribution in [0.5, 0.6) is 0 Å². The van der Waals surface area contributed by atoms with Crippen molar-refractivity contribution >= 4 is 34.9 Å². The van der Waals surface area contributed by atoms with Gasteiger partial charge in [-0.05, 0) is 35.6 Å². The van der Waals surface area contributed by atoms with Gasteiger partial charge in [-0.3, -0.25) is 4.79 Å². The maximum atomic E-state index is 12.8. The van der Waals surface area contributed by atoms with Gasteiger partial charge in [0.25, 0.3) is 5.78 Å². The normalized spacial score (nSPS) is 16.2. The molecule has 1 atom stereocenters. The van der Waals surface area contributed by atoms with Crippen LogP contribution in [0.1, 0.15) is 39.5 Å². The fraction of sp³-hybridized carbons (Fsp3) is 0.182. The Labute approximate surface area is 177 Å². The molecule has 0 aliphatic heterocycles. The third-order valence-corrected chi connectivity index (χ3v) is 6.24. The monoisotopic (exact) mass is 420 g/mol. The van der Waals surface area contributed by atoms with Crippen LogP contribution in [0.2, 0.25) is 5.02 Å². The topological polar surface area (TPSA) is 60.2 Å². The molecule has 4 aromatic rings. The summed E-state index contributed by atoms with van der Waals surface area (Å²) in [5, 5.41) is 5.83. The summed E-state index contributed by atoms with van der Waals surface area (Å²) in [5.74, 6) is 1.48. The third kappa shape index (κ3) is 3.78. The van der Waals surface area contributed by atoms with Gasteiger partial charge in [-0.2, -0.15) is 4.98 Å². The molecule has 29 heavy (non-hydrogen) atoms. The van der Waals surface area contributed by atoms with Gasteiger partial charge in [0.05, 0.1) is 11.3 Å². The number of thioether (sulfide) groups is 1. The lowest BCUT2D eigenvalue weighted by atomic mass is 9.82. The van der Waals surface area contributed by atoms with Crippen molar-refractivity contribution in [3.05, 3.63) is 88.2 Å². The number of rotatable bonds is 4. The number of halogens is 1. The summed E-state index contributed by atoms with van der Waals surface area (Å²) < 4.78 is 1.61. The van der Waals surface area contributed by atoms with Gasteiger partial charge in [-0.1, -0.05) is 65.8 Å². The fourth-order valence-electron chi connectivity index (χ4n) is 3.64. The van der Waals surface area contributed by atoms with Gasteiger partial charge in [0.15, 0.2) is 5.78 Å². The second kappa shape index (κ2) is 7.61. The summed E-state index contributed by atoms with van der Waals surface area (Å²) in [6.45, 7) is 0. The Bertz CT molecular complexity index is 1210. The van der Waals surface area contributed by atoms with Crippen molar-refractivity contribution in [3.63, 3.8) is 0 Å². The summed E-state index contributed by atoms with van der Waals surface area (Å²) >= 11 is 7.69. The second-order valence-electron chi connectivity index (χ2n) is 7.10. The van der Waals surface area contributed by atoms with Crippen LogP contribution in [0.25, 0.3) is 5.78 Å². The Hall–Kier alpha value is -2.70. The highest BCUT2D eigenvalue weighted by Crippen LogP contribution is 2.33. The van der Waals surface area contributed by atoms with E-state index in [4.69, 9.17) is 11.6 Å². The molecule has 0 amide bonds. The number of ketones is 1. The average Bonchev–Trinajstić information content (AvgIpc) is 3.13.